The molecule has 6 heteroatoms. The zero-order chi connectivity index (χ0) is 54.8. The maximum Gasteiger partial charge on any atom is 0.306 e. The summed E-state index contributed by atoms with van der Waals surface area (Å²) in [6.45, 7) is 13.9. The standard InChI is InChI=1S/C69H134O6/c1-7-65(6)57-51-45-39-33-27-21-17-13-9-11-15-19-23-29-36-42-48-54-60-69(72)75-66(62-74-68(71)59-53-47-41-35-30-24-26-32-38-44-50-56-64(4)5)61-73-67(70)58-52-46-40-34-28-22-18-14-10-8-12-16-20-25-31-37-43-49-55-63(2)3/h63-66H,7-62H2,1-6H3/t65?,66-/m0/s1. The van der Waals surface area contributed by atoms with E-state index in [-0.39, 0.29) is 31.1 Å². The maximum atomic E-state index is 12.9. The molecule has 0 saturated carbocycles. The Morgan fingerprint density at radius 2 is 0.467 bits per heavy atom. The zero-order valence-corrected chi connectivity index (χ0v) is 51.9. The molecular formula is C69H134O6. The third kappa shape index (κ3) is 61.5. The van der Waals surface area contributed by atoms with Gasteiger partial charge in [-0.2, -0.15) is 0 Å². The van der Waals surface area contributed by atoms with Crippen molar-refractivity contribution in [2.75, 3.05) is 13.2 Å². The van der Waals surface area contributed by atoms with Crippen LogP contribution in [0.1, 0.15) is 388 Å². The van der Waals surface area contributed by atoms with E-state index in [1.807, 2.05) is 0 Å². The maximum absolute atomic E-state index is 12.9. The van der Waals surface area contributed by atoms with Gasteiger partial charge in [-0.25, -0.2) is 0 Å². The van der Waals surface area contributed by atoms with Gasteiger partial charge in [0.05, 0.1) is 0 Å². The summed E-state index contributed by atoms with van der Waals surface area (Å²) >= 11 is 0. The molecule has 0 aromatic heterocycles. The highest BCUT2D eigenvalue weighted by Crippen LogP contribution is 2.20. The van der Waals surface area contributed by atoms with E-state index < -0.39 is 6.10 Å². The second-order valence-electron chi connectivity index (χ2n) is 25.0. The quantitative estimate of drug-likeness (QED) is 0.0343. The monoisotopic (exact) mass is 1060 g/mol. The minimum Gasteiger partial charge on any atom is -0.462 e. The van der Waals surface area contributed by atoms with Crippen molar-refractivity contribution in [1.82, 2.24) is 0 Å². The summed E-state index contributed by atoms with van der Waals surface area (Å²) in [5.41, 5.74) is 0. The fourth-order valence-corrected chi connectivity index (χ4v) is 10.7. The van der Waals surface area contributed by atoms with Gasteiger partial charge in [-0.05, 0) is 37.0 Å². The van der Waals surface area contributed by atoms with Crippen molar-refractivity contribution in [3.05, 3.63) is 0 Å². The van der Waals surface area contributed by atoms with Crippen LogP contribution in [0.25, 0.3) is 0 Å². The van der Waals surface area contributed by atoms with Crippen LogP contribution in [0.3, 0.4) is 0 Å². The molecule has 0 heterocycles. The van der Waals surface area contributed by atoms with Gasteiger partial charge in [0.15, 0.2) is 6.10 Å². The molecular weight excluding hydrogens is 925 g/mol. The first-order valence-electron chi connectivity index (χ1n) is 34.1. The number of hydrogen-bond donors (Lipinski definition) is 0. The summed E-state index contributed by atoms with van der Waals surface area (Å²) in [4.78, 5) is 38.4. The Morgan fingerprint density at radius 3 is 0.693 bits per heavy atom. The Hall–Kier alpha value is -1.59. The van der Waals surface area contributed by atoms with E-state index in [0.29, 0.717) is 19.3 Å². The first-order chi connectivity index (χ1) is 36.6. The van der Waals surface area contributed by atoms with E-state index >= 15 is 0 Å². The minimum absolute atomic E-state index is 0.0622. The van der Waals surface area contributed by atoms with Gasteiger partial charge in [-0.15, -0.1) is 0 Å². The van der Waals surface area contributed by atoms with Crippen molar-refractivity contribution in [3.8, 4) is 0 Å². The lowest BCUT2D eigenvalue weighted by Crippen LogP contribution is -2.30. The largest absolute Gasteiger partial charge is 0.462 e. The predicted molar refractivity (Wildman–Crippen MR) is 326 cm³/mol. The second kappa shape index (κ2) is 60.1. The van der Waals surface area contributed by atoms with E-state index in [2.05, 4.69) is 41.5 Å². The fraction of sp³-hybridized carbons (Fsp3) is 0.957. The van der Waals surface area contributed by atoms with Gasteiger partial charge in [0, 0.05) is 19.3 Å². The van der Waals surface area contributed by atoms with Gasteiger partial charge in [0.2, 0.25) is 0 Å². The molecule has 446 valence electrons. The molecule has 0 bridgehead atoms. The molecule has 0 aliphatic heterocycles. The number of carbonyl (C=O) groups excluding carboxylic acids is 3. The van der Waals surface area contributed by atoms with Crippen molar-refractivity contribution in [1.29, 1.82) is 0 Å². The highest BCUT2D eigenvalue weighted by Gasteiger charge is 2.20. The van der Waals surface area contributed by atoms with E-state index in [9.17, 15) is 14.4 Å². The number of rotatable bonds is 62. The molecule has 2 atom stereocenters. The van der Waals surface area contributed by atoms with Gasteiger partial charge in [0.25, 0.3) is 0 Å². The van der Waals surface area contributed by atoms with E-state index in [1.165, 1.54) is 270 Å². The van der Waals surface area contributed by atoms with E-state index in [0.717, 1.165) is 75.5 Å². The third-order valence-corrected chi connectivity index (χ3v) is 16.3. The summed E-state index contributed by atoms with van der Waals surface area (Å²) < 4.78 is 17.0. The lowest BCUT2D eigenvalue weighted by molar-refractivity contribution is -0.167. The molecule has 0 aromatic rings. The van der Waals surface area contributed by atoms with Crippen LogP contribution in [-0.4, -0.2) is 37.2 Å². The number of hydrogen-bond acceptors (Lipinski definition) is 6. The fourth-order valence-electron chi connectivity index (χ4n) is 10.7. The van der Waals surface area contributed by atoms with Crippen LogP contribution in [0.4, 0.5) is 0 Å². The smallest absolute Gasteiger partial charge is 0.306 e. The Morgan fingerprint density at radius 1 is 0.267 bits per heavy atom. The van der Waals surface area contributed by atoms with E-state index in [4.69, 9.17) is 14.2 Å². The second-order valence-corrected chi connectivity index (χ2v) is 25.0. The van der Waals surface area contributed by atoms with Crippen molar-refractivity contribution >= 4 is 17.9 Å². The summed E-state index contributed by atoms with van der Waals surface area (Å²) in [6.07, 6.45) is 66.8. The molecule has 0 aliphatic carbocycles. The average molecular weight is 1060 g/mol. The first-order valence-corrected chi connectivity index (χ1v) is 34.1. The highest BCUT2D eigenvalue weighted by atomic mass is 16.6. The molecule has 0 aromatic carbocycles. The van der Waals surface area contributed by atoms with Crippen LogP contribution in [-0.2, 0) is 28.6 Å². The number of esters is 3. The first kappa shape index (κ1) is 73.4. The molecule has 75 heavy (non-hydrogen) atoms. The van der Waals surface area contributed by atoms with Crippen LogP contribution in [0.5, 0.6) is 0 Å². The lowest BCUT2D eigenvalue weighted by atomic mass is 9.99. The van der Waals surface area contributed by atoms with Crippen molar-refractivity contribution in [2.45, 2.75) is 394 Å². The average Bonchev–Trinajstić information content (AvgIpc) is 3.39. The van der Waals surface area contributed by atoms with Crippen LogP contribution in [0.2, 0.25) is 0 Å². The molecule has 0 spiro atoms. The summed E-state index contributed by atoms with van der Waals surface area (Å²) in [5.74, 6) is 1.76. The number of carbonyl (C=O) groups is 3. The topological polar surface area (TPSA) is 78.9 Å². The Kier molecular flexibility index (Phi) is 58.8. The van der Waals surface area contributed by atoms with Gasteiger partial charge in [0.1, 0.15) is 13.2 Å². The molecule has 0 rings (SSSR count). The highest BCUT2D eigenvalue weighted by molar-refractivity contribution is 5.71. The number of ether oxygens (including phenoxy) is 3. The lowest BCUT2D eigenvalue weighted by Gasteiger charge is -2.18. The van der Waals surface area contributed by atoms with Crippen molar-refractivity contribution < 1.29 is 28.6 Å². The zero-order valence-electron chi connectivity index (χ0n) is 51.9. The van der Waals surface area contributed by atoms with E-state index in [1.54, 1.807) is 0 Å². The molecule has 0 saturated heterocycles. The number of unbranched alkanes of at least 4 members (excludes halogenated alkanes) is 44. The van der Waals surface area contributed by atoms with Crippen LogP contribution in [0, 0.1) is 17.8 Å². The van der Waals surface area contributed by atoms with Gasteiger partial charge < -0.3 is 14.2 Å². The van der Waals surface area contributed by atoms with Crippen molar-refractivity contribution in [3.63, 3.8) is 0 Å². The molecule has 1 unspecified atom stereocenters. The molecule has 0 N–H and O–H groups in total. The van der Waals surface area contributed by atoms with Gasteiger partial charge in [-0.1, -0.05) is 350 Å². The van der Waals surface area contributed by atoms with Crippen LogP contribution >= 0.6 is 0 Å². The SMILES string of the molecule is CCC(C)CCCCCCCCCCCCCCCCCCCCC(=O)O[C@@H](COC(=O)CCCCCCCCCCCCCCCCCCCCC(C)C)COC(=O)CCCCCCCCCCCCCC(C)C. The Bertz CT molecular complexity index is 1170. The van der Waals surface area contributed by atoms with Crippen LogP contribution in [0.15, 0.2) is 0 Å². The minimum atomic E-state index is -0.765. The molecule has 0 aliphatic rings. The molecule has 0 amide bonds. The summed E-state index contributed by atoms with van der Waals surface area (Å²) in [6, 6.07) is 0. The predicted octanol–water partition coefficient (Wildman–Crippen LogP) is 23.0. The molecule has 6 nitrogen and oxygen atoms in total. The van der Waals surface area contributed by atoms with Gasteiger partial charge >= 0.3 is 17.9 Å². The Labute approximate surface area is 469 Å². The third-order valence-electron chi connectivity index (χ3n) is 16.3. The summed E-state index contributed by atoms with van der Waals surface area (Å²) in [7, 11) is 0. The summed E-state index contributed by atoms with van der Waals surface area (Å²) in [5, 5.41) is 0. The van der Waals surface area contributed by atoms with Gasteiger partial charge in [-0.3, -0.25) is 14.4 Å². The molecule has 0 fully saturated rings. The normalized spacial score (nSPS) is 12.5. The molecule has 0 radical (unpaired) electrons. The van der Waals surface area contributed by atoms with Crippen LogP contribution < -0.4 is 0 Å². The Balaban J connectivity index is 4.25. The van der Waals surface area contributed by atoms with Crippen molar-refractivity contribution in [2.24, 2.45) is 17.8 Å².